The molecule has 1 fully saturated rings. The smallest absolute Gasteiger partial charge is 0.403 e. The summed E-state index contributed by atoms with van der Waals surface area (Å²) in [5.41, 5.74) is 5.78. The lowest BCUT2D eigenvalue weighted by Crippen LogP contribution is -2.31. The van der Waals surface area contributed by atoms with E-state index in [1.165, 1.54) is 19.0 Å². The molecule has 13 heteroatoms. The Balaban J connectivity index is 1.48. The number of fused-ring (bicyclic) bond motifs is 1. The van der Waals surface area contributed by atoms with Gasteiger partial charge in [-0.3, -0.25) is 9.32 Å². The zero-order valence-electron chi connectivity index (χ0n) is 15.7. The molecule has 1 aromatic heterocycles. The second-order valence-electron chi connectivity index (χ2n) is 6.60. The highest BCUT2D eigenvalue weighted by atomic mass is 31.2. The zero-order chi connectivity index (χ0) is 21.5. The van der Waals surface area contributed by atoms with Gasteiger partial charge >= 0.3 is 7.60 Å². The molecule has 3 heterocycles. The molecule has 12 nitrogen and oxygen atoms in total. The Morgan fingerprint density at radius 3 is 2.90 bits per heavy atom. The van der Waals surface area contributed by atoms with Gasteiger partial charge in [0.15, 0.2) is 6.23 Å². The quantitative estimate of drug-likeness (QED) is 0.553. The first-order valence-corrected chi connectivity index (χ1v) is 10.4. The van der Waals surface area contributed by atoms with Gasteiger partial charge in [-0.15, -0.1) is 5.10 Å². The molecule has 160 valence electrons. The monoisotopic (exact) mass is 438 g/mol. The van der Waals surface area contributed by atoms with Crippen LogP contribution in [-0.4, -0.2) is 56.3 Å². The first-order valence-electron chi connectivity index (χ1n) is 8.82. The van der Waals surface area contributed by atoms with Crippen molar-refractivity contribution in [1.82, 2.24) is 14.8 Å². The van der Waals surface area contributed by atoms with Crippen LogP contribution in [0.4, 0.5) is 0 Å². The second kappa shape index (κ2) is 7.82. The summed E-state index contributed by atoms with van der Waals surface area (Å²) < 4.78 is 35.5. The maximum atomic E-state index is 12.9. The maximum absolute atomic E-state index is 12.9. The number of benzene rings is 1. The molecule has 0 saturated carbocycles. The molecule has 2 aromatic rings. The van der Waals surface area contributed by atoms with Gasteiger partial charge in [-0.05, 0) is 24.3 Å². The summed E-state index contributed by atoms with van der Waals surface area (Å²) >= 11 is 0. The molecule has 2 unspecified atom stereocenters. The van der Waals surface area contributed by atoms with Crippen LogP contribution in [0.2, 0.25) is 0 Å². The summed E-state index contributed by atoms with van der Waals surface area (Å²) in [6, 6.07) is 5.01. The van der Waals surface area contributed by atoms with Crippen LogP contribution < -0.4 is 15.0 Å². The van der Waals surface area contributed by atoms with Crippen LogP contribution >= 0.6 is 7.60 Å². The number of carbonyl (C=O) groups excluding carboxylic acids is 1. The lowest BCUT2D eigenvalue weighted by Gasteiger charge is -2.24. The number of primary amides is 1. The third-order valence-electron chi connectivity index (χ3n) is 4.62. The number of methoxy groups -OCH3 is 1. The first-order chi connectivity index (χ1) is 14.3. The van der Waals surface area contributed by atoms with Crippen LogP contribution in [0.5, 0.6) is 11.5 Å². The third kappa shape index (κ3) is 3.83. The molecule has 2 aliphatic heterocycles. The summed E-state index contributed by atoms with van der Waals surface area (Å²) in [4.78, 5) is 14.8. The number of aliphatic hydroxyl groups is 2. The van der Waals surface area contributed by atoms with E-state index >= 15 is 0 Å². The average Bonchev–Trinajstić information content (AvgIpc) is 3.32. The van der Waals surface area contributed by atoms with E-state index in [1.807, 2.05) is 0 Å². The molecule has 4 rings (SSSR count). The van der Waals surface area contributed by atoms with Gasteiger partial charge in [0.2, 0.25) is 5.82 Å². The Kier molecular flexibility index (Phi) is 5.35. The largest absolute Gasteiger partial charge is 0.497 e. The van der Waals surface area contributed by atoms with Gasteiger partial charge in [-0.2, -0.15) is 0 Å². The minimum atomic E-state index is -3.66. The highest BCUT2D eigenvalue weighted by Gasteiger charge is 2.44. The van der Waals surface area contributed by atoms with E-state index in [0.29, 0.717) is 17.1 Å². The molecule has 0 aliphatic carbocycles. The van der Waals surface area contributed by atoms with Gasteiger partial charge in [0.25, 0.3) is 5.91 Å². The van der Waals surface area contributed by atoms with Crippen molar-refractivity contribution in [3.05, 3.63) is 47.8 Å². The van der Waals surface area contributed by atoms with Crippen molar-refractivity contribution in [2.24, 2.45) is 5.73 Å². The van der Waals surface area contributed by atoms with Crippen molar-refractivity contribution < 1.29 is 38.1 Å². The molecule has 2 aliphatic rings. The fraction of sp³-hybridized carbons (Fsp3) is 0.353. The van der Waals surface area contributed by atoms with Crippen molar-refractivity contribution >= 4 is 13.5 Å². The number of aromatic nitrogens is 3. The van der Waals surface area contributed by atoms with Gasteiger partial charge in [0.1, 0.15) is 36.1 Å². The van der Waals surface area contributed by atoms with E-state index < -0.39 is 38.0 Å². The van der Waals surface area contributed by atoms with E-state index in [2.05, 4.69) is 10.1 Å². The fourth-order valence-corrected chi connectivity index (χ4v) is 4.40. The number of amides is 1. The first kappa shape index (κ1) is 20.5. The SMILES string of the molecule is COc1ccc2c(c1)COP(=O)(/C=C/[C@H]1OC(n3cnc(C(N)=O)n3)[C@H](O)[C@@H]1O)O2. The Labute approximate surface area is 170 Å². The van der Waals surface area contributed by atoms with Crippen molar-refractivity contribution in [1.29, 1.82) is 0 Å². The predicted octanol–water partition coefficient (Wildman–Crippen LogP) is 0.321. The Morgan fingerprint density at radius 1 is 1.40 bits per heavy atom. The summed E-state index contributed by atoms with van der Waals surface area (Å²) in [5.74, 6) is 1.06. The Bertz CT molecular complexity index is 1040. The summed E-state index contributed by atoms with van der Waals surface area (Å²) in [7, 11) is -2.13. The molecular formula is C17H19N4O8P. The number of nitrogens with zero attached hydrogens (tertiary/aromatic N) is 3. The fourth-order valence-electron chi connectivity index (χ4n) is 3.04. The van der Waals surface area contributed by atoms with Crippen LogP contribution in [-0.2, 0) is 20.4 Å². The van der Waals surface area contributed by atoms with Crippen LogP contribution in [0.15, 0.2) is 36.4 Å². The van der Waals surface area contributed by atoms with E-state index in [4.69, 9.17) is 24.3 Å². The number of rotatable bonds is 5. The van der Waals surface area contributed by atoms with Gasteiger partial charge in [0.05, 0.1) is 13.7 Å². The number of hydrogen-bond acceptors (Lipinski definition) is 10. The summed E-state index contributed by atoms with van der Waals surface area (Å²) in [6.07, 6.45) is -2.48. The molecule has 5 atom stereocenters. The van der Waals surface area contributed by atoms with Crippen molar-refractivity contribution in [3.63, 3.8) is 0 Å². The minimum Gasteiger partial charge on any atom is -0.497 e. The van der Waals surface area contributed by atoms with E-state index in [-0.39, 0.29) is 12.4 Å². The van der Waals surface area contributed by atoms with E-state index in [0.717, 1.165) is 11.0 Å². The highest BCUT2D eigenvalue weighted by Crippen LogP contribution is 2.55. The highest BCUT2D eigenvalue weighted by molar-refractivity contribution is 7.57. The molecular weight excluding hydrogens is 419 g/mol. The number of carbonyl (C=O) groups is 1. The van der Waals surface area contributed by atoms with E-state index in [9.17, 15) is 19.6 Å². The normalized spacial score (nSPS) is 30.8. The molecule has 4 N–H and O–H groups in total. The van der Waals surface area contributed by atoms with Gasteiger partial charge in [-0.25, -0.2) is 14.2 Å². The van der Waals surface area contributed by atoms with Crippen LogP contribution in [0.25, 0.3) is 0 Å². The molecule has 0 spiro atoms. The summed E-state index contributed by atoms with van der Waals surface area (Å²) in [6.45, 7) is 0.0440. The molecule has 1 aromatic carbocycles. The number of nitrogens with two attached hydrogens (primary N) is 1. The standard InChI is InChI=1S/C17H19N4O8P/c1-26-10-2-3-11-9(6-10)7-27-30(25,29-11)5-4-12-13(22)14(23)17(28-12)21-8-19-16(20-21)15(18)24/h2-6,8,12-14,17,22-23H,7H2,1H3,(H2,18,24)/b5-4+/t12-,13-,14-,17?,30?/m1/s1. The lowest BCUT2D eigenvalue weighted by molar-refractivity contribution is -0.0346. The number of aliphatic hydroxyl groups excluding tert-OH is 2. The predicted molar refractivity (Wildman–Crippen MR) is 99.6 cm³/mol. The topological polar surface area (TPSA) is 168 Å². The van der Waals surface area contributed by atoms with Gasteiger partial charge < -0.3 is 29.9 Å². The number of hydrogen-bond donors (Lipinski definition) is 3. The molecule has 30 heavy (non-hydrogen) atoms. The molecule has 1 saturated heterocycles. The van der Waals surface area contributed by atoms with Crippen LogP contribution in [0.3, 0.4) is 0 Å². The third-order valence-corrected chi connectivity index (χ3v) is 6.09. The zero-order valence-corrected chi connectivity index (χ0v) is 16.6. The second-order valence-corrected chi connectivity index (χ2v) is 8.42. The van der Waals surface area contributed by atoms with Crippen LogP contribution in [0.1, 0.15) is 22.4 Å². The Hall–Kier alpha value is -2.76. The molecule has 0 bridgehead atoms. The molecule has 1 amide bonds. The number of ether oxygens (including phenoxy) is 2. The van der Waals surface area contributed by atoms with Crippen LogP contribution in [0, 0.1) is 0 Å². The van der Waals surface area contributed by atoms with Gasteiger partial charge in [0, 0.05) is 11.4 Å². The molecule has 0 radical (unpaired) electrons. The summed E-state index contributed by atoms with van der Waals surface area (Å²) in [5, 5.41) is 24.3. The van der Waals surface area contributed by atoms with Crippen molar-refractivity contribution in [3.8, 4) is 11.5 Å². The van der Waals surface area contributed by atoms with E-state index in [1.54, 1.807) is 18.2 Å². The minimum absolute atomic E-state index is 0.0440. The van der Waals surface area contributed by atoms with Crippen molar-refractivity contribution in [2.75, 3.05) is 7.11 Å². The van der Waals surface area contributed by atoms with Gasteiger partial charge in [-0.1, -0.05) is 0 Å². The lowest BCUT2D eigenvalue weighted by atomic mass is 10.1. The Morgan fingerprint density at radius 2 is 2.20 bits per heavy atom. The average molecular weight is 438 g/mol. The van der Waals surface area contributed by atoms with Crippen molar-refractivity contribution in [2.45, 2.75) is 31.1 Å². The maximum Gasteiger partial charge on any atom is 0.403 e.